The van der Waals surface area contributed by atoms with E-state index in [1.54, 1.807) is 11.0 Å². The number of rotatable bonds is 4. The fourth-order valence-electron chi connectivity index (χ4n) is 2.72. The van der Waals surface area contributed by atoms with Crippen LogP contribution in [0.1, 0.15) is 19.8 Å². The van der Waals surface area contributed by atoms with Crippen molar-refractivity contribution in [3.8, 4) is 0 Å². The van der Waals surface area contributed by atoms with Gasteiger partial charge < -0.3 is 21.3 Å². The molecule has 0 radical (unpaired) electrons. The number of carbonyl (C=O) groups is 2. The fourth-order valence-corrected chi connectivity index (χ4v) is 2.84. The maximum atomic E-state index is 13.5. The molecule has 2 rings (SSSR count). The molecule has 1 heterocycles. The van der Waals surface area contributed by atoms with Crippen molar-refractivity contribution in [3.63, 3.8) is 0 Å². The summed E-state index contributed by atoms with van der Waals surface area (Å²) in [5.74, 6) is -1.22. The number of hydrogen-bond acceptors (Lipinski definition) is 2. The quantitative estimate of drug-likeness (QED) is 0.761. The molecule has 1 aliphatic rings. The molecule has 0 spiro atoms. The van der Waals surface area contributed by atoms with Gasteiger partial charge in [0.2, 0.25) is 5.91 Å². The van der Waals surface area contributed by atoms with E-state index in [0.29, 0.717) is 31.7 Å². The monoisotopic (exact) mass is 357 g/mol. The summed E-state index contributed by atoms with van der Waals surface area (Å²) in [7, 11) is 0. The Kier molecular flexibility index (Phi) is 6.39. The molecule has 0 aromatic heterocycles. The normalized spacial score (nSPS) is 20.6. The molecule has 132 valence electrons. The first kappa shape index (κ1) is 18.5. The minimum absolute atomic E-state index is 0.00209. The average molecular weight is 358 g/mol. The standard InChI is InChI=1S/C16H22ClFN4O2/c1-2-5-20-16(24)22-8-10(6-11(19)9-22)15(23)21-12-3-4-13(17)14(18)7-12/h3-4,7,10-11H,2,5-6,8-9,19H2,1H3,(H,20,24)(H,21,23)/p+1. The Bertz CT molecular complexity index is 614. The van der Waals surface area contributed by atoms with Gasteiger partial charge in [0, 0.05) is 25.2 Å². The molecule has 1 saturated heterocycles. The molecule has 1 aromatic carbocycles. The molecular formula is C16H23ClFN4O2+. The van der Waals surface area contributed by atoms with Gasteiger partial charge in [0.25, 0.3) is 0 Å². The van der Waals surface area contributed by atoms with Gasteiger partial charge in [0.1, 0.15) is 11.9 Å². The summed E-state index contributed by atoms with van der Waals surface area (Å²) in [6, 6.07) is 3.90. The first-order chi connectivity index (χ1) is 11.4. The molecule has 1 fully saturated rings. The van der Waals surface area contributed by atoms with Crippen LogP contribution in [0.25, 0.3) is 0 Å². The maximum Gasteiger partial charge on any atom is 0.317 e. The summed E-state index contributed by atoms with van der Waals surface area (Å²) >= 11 is 5.63. The van der Waals surface area contributed by atoms with Gasteiger partial charge in [-0.25, -0.2) is 9.18 Å². The molecule has 2 unspecified atom stereocenters. The van der Waals surface area contributed by atoms with Crippen LogP contribution >= 0.6 is 11.6 Å². The van der Waals surface area contributed by atoms with Crippen LogP contribution in [-0.2, 0) is 4.79 Å². The van der Waals surface area contributed by atoms with Crippen LogP contribution in [0.2, 0.25) is 5.02 Å². The molecule has 3 amide bonds. The number of hydrogen-bond donors (Lipinski definition) is 3. The van der Waals surface area contributed by atoms with Crippen LogP contribution in [-0.4, -0.2) is 42.5 Å². The zero-order valence-corrected chi connectivity index (χ0v) is 14.4. The van der Waals surface area contributed by atoms with E-state index in [1.807, 2.05) is 6.92 Å². The largest absolute Gasteiger partial charge is 0.354 e. The zero-order valence-electron chi connectivity index (χ0n) is 13.6. The van der Waals surface area contributed by atoms with Gasteiger partial charge in [0.15, 0.2) is 0 Å². The van der Waals surface area contributed by atoms with Crippen molar-refractivity contribution in [2.24, 2.45) is 5.92 Å². The van der Waals surface area contributed by atoms with Crippen molar-refractivity contribution >= 4 is 29.2 Å². The molecule has 1 aliphatic heterocycles. The van der Waals surface area contributed by atoms with Crippen LogP contribution in [0, 0.1) is 11.7 Å². The molecule has 24 heavy (non-hydrogen) atoms. The van der Waals surface area contributed by atoms with Crippen LogP contribution in [0.3, 0.4) is 0 Å². The smallest absolute Gasteiger partial charge is 0.317 e. The number of carbonyl (C=O) groups excluding carboxylic acids is 2. The van der Waals surface area contributed by atoms with E-state index in [9.17, 15) is 14.0 Å². The molecule has 0 bridgehead atoms. The Hall–Kier alpha value is -1.86. The number of anilines is 1. The van der Waals surface area contributed by atoms with E-state index in [2.05, 4.69) is 16.4 Å². The van der Waals surface area contributed by atoms with E-state index in [0.717, 1.165) is 6.42 Å². The van der Waals surface area contributed by atoms with Gasteiger partial charge in [-0.15, -0.1) is 0 Å². The van der Waals surface area contributed by atoms with Gasteiger partial charge in [-0.05, 0) is 24.6 Å². The van der Waals surface area contributed by atoms with E-state index < -0.39 is 5.82 Å². The second-order valence-electron chi connectivity index (χ2n) is 6.05. The predicted octanol–water partition coefficient (Wildman–Crippen LogP) is 1.47. The number of piperidine rings is 1. The number of urea groups is 1. The third-order valence-electron chi connectivity index (χ3n) is 3.91. The topological polar surface area (TPSA) is 89.1 Å². The first-order valence-corrected chi connectivity index (χ1v) is 8.40. The van der Waals surface area contributed by atoms with Crippen LogP contribution in [0.4, 0.5) is 14.9 Å². The second kappa shape index (κ2) is 8.30. The molecule has 0 aliphatic carbocycles. The third kappa shape index (κ3) is 4.82. The number of nitrogens with one attached hydrogen (secondary N) is 2. The van der Waals surface area contributed by atoms with Crippen LogP contribution in [0.5, 0.6) is 0 Å². The number of amides is 3. The molecular weight excluding hydrogens is 335 g/mol. The van der Waals surface area contributed by atoms with E-state index in [4.69, 9.17) is 11.6 Å². The minimum Gasteiger partial charge on any atom is -0.354 e. The Labute approximate surface area is 145 Å². The summed E-state index contributed by atoms with van der Waals surface area (Å²) in [6.45, 7) is 3.42. The van der Waals surface area contributed by atoms with Crippen molar-refractivity contribution in [2.45, 2.75) is 25.8 Å². The minimum atomic E-state index is -0.589. The average Bonchev–Trinajstić information content (AvgIpc) is 2.55. The number of nitrogens with zero attached hydrogens (tertiary/aromatic N) is 1. The van der Waals surface area contributed by atoms with Crippen molar-refractivity contribution in [2.75, 3.05) is 25.0 Å². The Balaban J connectivity index is 1.99. The van der Waals surface area contributed by atoms with Gasteiger partial charge in [-0.2, -0.15) is 0 Å². The van der Waals surface area contributed by atoms with E-state index in [-0.39, 0.29) is 28.9 Å². The lowest BCUT2D eigenvalue weighted by atomic mass is 9.94. The number of quaternary nitrogens is 1. The van der Waals surface area contributed by atoms with Gasteiger partial charge in [0.05, 0.1) is 17.5 Å². The molecule has 5 N–H and O–H groups in total. The summed E-state index contributed by atoms with van der Waals surface area (Å²) in [5.41, 5.74) is 4.34. The zero-order chi connectivity index (χ0) is 17.7. The third-order valence-corrected chi connectivity index (χ3v) is 4.22. The second-order valence-corrected chi connectivity index (χ2v) is 6.46. The van der Waals surface area contributed by atoms with Crippen molar-refractivity contribution in [1.82, 2.24) is 10.2 Å². The van der Waals surface area contributed by atoms with Crippen LogP contribution < -0.4 is 16.4 Å². The van der Waals surface area contributed by atoms with Gasteiger partial charge in [-0.1, -0.05) is 18.5 Å². The molecule has 1 aromatic rings. The summed E-state index contributed by atoms with van der Waals surface area (Å²) in [4.78, 5) is 26.2. The Morgan fingerprint density at radius 1 is 1.42 bits per heavy atom. The SMILES string of the molecule is CCCNC(=O)N1CC([NH3+])CC(C(=O)Nc2ccc(Cl)c(F)c2)C1. The van der Waals surface area contributed by atoms with Gasteiger partial charge >= 0.3 is 6.03 Å². The van der Waals surface area contributed by atoms with Crippen molar-refractivity contribution in [1.29, 1.82) is 0 Å². The fraction of sp³-hybridized carbons (Fsp3) is 0.500. The lowest BCUT2D eigenvalue weighted by molar-refractivity contribution is -0.427. The highest BCUT2D eigenvalue weighted by Gasteiger charge is 2.34. The van der Waals surface area contributed by atoms with Crippen LogP contribution in [0.15, 0.2) is 18.2 Å². The summed E-state index contributed by atoms with van der Waals surface area (Å²) < 4.78 is 13.5. The lowest BCUT2D eigenvalue weighted by Gasteiger charge is -2.33. The van der Waals surface area contributed by atoms with Gasteiger partial charge in [-0.3, -0.25) is 4.79 Å². The lowest BCUT2D eigenvalue weighted by Crippen LogP contribution is -2.70. The summed E-state index contributed by atoms with van der Waals surface area (Å²) in [6.07, 6.45) is 1.43. The highest BCUT2D eigenvalue weighted by molar-refractivity contribution is 6.30. The van der Waals surface area contributed by atoms with Crippen molar-refractivity contribution in [3.05, 3.63) is 29.0 Å². The highest BCUT2D eigenvalue weighted by Crippen LogP contribution is 2.21. The summed E-state index contributed by atoms with van der Waals surface area (Å²) in [5, 5.41) is 5.49. The first-order valence-electron chi connectivity index (χ1n) is 8.02. The highest BCUT2D eigenvalue weighted by atomic mass is 35.5. The molecule has 8 heteroatoms. The Morgan fingerprint density at radius 2 is 2.17 bits per heavy atom. The van der Waals surface area contributed by atoms with E-state index in [1.165, 1.54) is 12.1 Å². The van der Waals surface area contributed by atoms with E-state index >= 15 is 0 Å². The number of likely N-dealkylation sites (tertiary alicyclic amines) is 1. The maximum absolute atomic E-state index is 13.5. The molecule has 2 atom stereocenters. The number of halogens is 2. The molecule has 6 nitrogen and oxygen atoms in total. The number of benzene rings is 1. The molecule has 0 saturated carbocycles. The van der Waals surface area contributed by atoms with Crippen molar-refractivity contribution < 1.29 is 19.7 Å². The predicted molar refractivity (Wildman–Crippen MR) is 90.1 cm³/mol. The Morgan fingerprint density at radius 3 is 2.83 bits per heavy atom.